The largest absolute Gasteiger partial charge is 0.296 e. The van der Waals surface area contributed by atoms with E-state index in [2.05, 4.69) is 71.3 Å². The van der Waals surface area contributed by atoms with Crippen LogP contribution in [-0.2, 0) is 5.75 Å². The van der Waals surface area contributed by atoms with Crippen LogP contribution in [0.15, 0.2) is 54.6 Å². The van der Waals surface area contributed by atoms with Crippen LogP contribution < -0.4 is 0 Å². The topological polar surface area (TPSA) is 3.01 Å². The number of thioether (sulfide) groups is 1. The smallest absolute Gasteiger partial charge is 0.0315 e. The number of hydrogen-bond donors (Lipinski definition) is 0. The van der Waals surface area contributed by atoms with Crippen LogP contribution in [0.2, 0.25) is 0 Å². The van der Waals surface area contributed by atoms with Crippen molar-refractivity contribution in [2.24, 2.45) is 5.92 Å². The van der Waals surface area contributed by atoms with Gasteiger partial charge in [0.2, 0.25) is 0 Å². The van der Waals surface area contributed by atoms with Gasteiger partial charge in [-0.25, -0.2) is 0 Å². The summed E-state index contributed by atoms with van der Waals surface area (Å²) in [7, 11) is 0. The SMILES string of the molecule is C1=CC(CN2C[C@@H]2CSCc2ccccc2)C=C1. The van der Waals surface area contributed by atoms with Crippen LogP contribution in [0.5, 0.6) is 0 Å². The second-order valence-corrected chi connectivity index (χ2v) is 6.07. The van der Waals surface area contributed by atoms with Gasteiger partial charge in [-0.3, -0.25) is 4.90 Å². The van der Waals surface area contributed by atoms with Gasteiger partial charge in [-0.05, 0) is 5.56 Å². The average Bonchev–Trinajstić information content (AvgIpc) is 2.91. The lowest BCUT2D eigenvalue weighted by Gasteiger charge is -2.07. The normalized spacial score (nSPS) is 25.8. The molecule has 0 aromatic heterocycles. The van der Waals surface area contributed by atoms with Gasteiger partial charge in [0.1, 0.15) is 0 Å². The molecule has 2 aliphatic rings. The molecule has 1 nitrogen and oxygen atoms in total. The lowest BCUT2D eigenvalue weighted by molar-refractivity contribution is 0.486. The molecule has 94 valence electrons. The first kappa shape index (κ1) is 12.1. The molecule has 18 heavy (non-hydrogen) atoms. The van der Waals surface area contributed by atoms with E-state index in [1.807, 2.05) is 0 Å². The molecule has 0 bridgehead atoms. The fraction of sp³-hybridized carbons (Fsp3) is 0.375. The molecule has 0 amide bonds. The zero-order valence-corrected chi connectivity index (χ0v) is 11.4. The third-order valence-electron chi connectivity index (χ3n) is 3.52. The molecule has 1 saturated heterocycles. The fourth-order valence-electron chi connectivity index (χ4n) is 2.36. The molecule has 0 N–H and O–H groups in total. The maximum Gasteiger partial charge on any atom is 0.0315 e. The summed E-state index contributed by atoms with van der Waals surface area (Å²) < 4.78 is 0. The minimum Gasteiger partial charge on any atom is -0.296 e. The second kappa shape index (κ2) is 5.77. The molecule has 3 rings (SSSR count). The van der Waals surface area contributed by atoms with Crippen molar-refractivity contribution in [3.05, 3.63) is 60.2 Å². The number of benzene rings is 1. The number of allylic oxidation sites excluding steroid dienone is 2. The van der Waals surface area contributed by atoms with E-state index < -0.39 is 0 Å². The van der Waals surface area contributed by atoms with E-state index in [-0.39, 0.29) is 0 Å². The number of nitrogens with zero attached hydrogens (tertiary/aromatic N) is 1. The van der Waals surface area contributed by atoms with Crippen LogP contribution in [0.25, 0.3) is 0 Å². The molecule has 2 atom stereocenters. The minimum atomic E-state index is 0.661. The first-order valence-electron chi connectivity index (χ1n) is 6.62. The predicted molar refractivity (Wildman–Crippen MR) is 79.7 cm³/mol. The Balaban J connectivity index is 1.33. The Bertz CT molecular complexity index is 426. The maximum atomic E-state index is 2.59. The van der Waals surface area contributed by atoms with Crippen molar-refractivity contribution in [2.75, 3.05) is 18.8 Å². The molecule has 0 radical (unpaired) electrons. The van der Waals surface area contributed by atoms with Gasteiger partial charge in [-0.15, -0.1) is 0 Å². The Morgan fingerprint density at radius 3 is 2.67 bits per heavy atom. The Labute approximate surface area is 114 Å². The lowest BCUT2D eigenvalue weighted by Crippen LogP contribution is -2.12. The van der Waals surface area contributed by atoms with Crippen LogP contribution >= 0.6 is 11.8 Å². The zero-order valence-electron chi connectivity index (χ0n) is 10.5. The maximum absolute atomic E-state index is 2.59. The Morgan fingerprint density at radius 1 is 1.11 bits per heavy atom. The van der Waals surface area contributed by atoms with Gasteiger partial charge >= 0.3 is 0 Å². The molecule has 1 aliphatic heterocycles. The summed E-state index contributed by atoms with van der Waals surface area (Å²) in [6.45, 7) is 2.50. The highest BCUT2D eigenvalue weighted by atomic mass is 32.2. The molecular weight excluding hydrogens is 238 g/mol. The molecule has 1 unspecified atom stereocenters. The highest BCUT2D eigenvalue weighted by molar-refractivity contribution is 7.98. The molecule has 1 aromatic rings. The summed E-state index contributed by atoms with van der Waals surface area (Å²) >= 11 is 2.06. The summed E-state index contributed by atoms with van der Waals surface area (Å²) in [4.78, 5) is 2.59. The molecule has 1 fully saturated rings. The third-order valence-corrected chi connectivity index (χ3v) is 4.68. The first-order valence-corrected chi connectivity index (χ1v) is 7.78. The molecule has 1 aliphatic carbocycles. The van der Waals surface area contributed by atoms with Crippen molar-refractivity contribution < 1.29 is 0 Å². The van der Waals surface area contributed by atoms with Gasteiger partial charge in [0.25, 0.3) is 0 Å². The first-order chi connectivity index (χ1) is 8.92. The quantitative estimate of drug-likeness (QED) is 0.719. The standard InChI is InChI=1S/C16H19NS/c1-2-8-15(9-3-1)12-18-13-16-11-17(16)10-14-6-4-5-7-14/h1-9,14,16H,10-13H2/t16-,17?/m1/s1. The second-order valence-electron chi connectivity index (χ2n) is 5.04. The summed E-state index contributed by atoms with van der Waals surface area (Å²) in [6, 6.07) is 11.6. The fourth-order valence-corrected chi connectivity index (χ4v) is 3.50. The van der Waals surface area contributed by atoms with E-state index in [4.69, 9.17) is 0 Å². The third kappa shape index (κ3) is 3.27. The van der Waals surface area contributed by atoms with Gasteiger partial charge in [0, 0.05) is 36.6 Å². The number of hydrogen-bond acceptors (Lipinski definition) is 2. The van der Waals surface area contributed by atoms with Crippen LogP contribution in [0.3, 0.4) is 0 Å². The highest BCUT2D eigenvalue weighted by Gasteiger charge is 2.34. The van der Waals surface area contributed by atoms with E-state index in [0.717, 1.165) is 11.8 Å². The number of rotatable bonds is 6. The van der Waals surface area contributed by atoms with Crippen LogP contribution in [0.4, 0.5) is 0 Å². The van der Waals surface area contributed by atoms with Gasteiger partial charge in [0.15, 0.2) is 0 Å². The van der Waals surface area contributed by atoms with Crippen molar-refractivity contribution in [1.82, 2.24) is 4.90 Å². The Hall–Kier alpha value is -0.990. The van der Waals surface area contributed by atoms with Crippen LogP contribution in [-0.4, -0.2) is 29.8 Å². The lowest BCUT2D eigenvalue weighted by atomic mass is 10.2. The summed E-state index contributed by atoms with van der Waals surface area (Å²) in [6.07, 6.45) is 8.92. The zero-order chi connectivity index (χ0) is 12.2. The van der Waals surface area contributed by atoms with Gasteiger partial charge < -0.3 is 0 Å². The monoisotopic (exact) mass is 257 g/mol. The Morgan fingerprint density at radius 2 is 1.89 bits per heavy atom. The van der Waals surface area contributed by atoms with Crippen molar-refractivity contribution in [3.63, 3.8) is 0 Å². The van der Waals surface area contributed by atoms with Crippen molar-refractivity contribution in [1.29, 1.82) is 0 Å². The van der Waals surface area contributed by atoms with Gasteiger partial charge in [0.05, 0.1) is 0 Å². The molecule has 1 heterocycles. The highest BCUT2D eigenvalue weighted by Crippen LogP contribution is 2.26. The van der Waals surface area contributed by atoms with Crippen LogP contribution in [0, 0.1) is 5.92 Å². The predicted octanol–water partition coefficient (Wildman–Crippen LogP) is 3.35. The molecular formula is C16H19NS. The van der Waals surface area contributed by atoms with Crippen molar-refractivity contribution in [2.45, 2.75) is 11.8 Å². The molecule has 1 aromatic carbocycles. The van der Waals surface area contributed by atoms with E-state index in [0.29, 0.717) is 5.92 Å². The Kier molecular flexibility index (Phi) is 3.87. The summed E-state index contributed by atoms with van der Waals surface area (Å²) in [5.41, 5.74) is 1.44. The average molecular weight is 257 g/mol. The van der Waals surface area contributed by atoms with Gasteiger partial charge in [-0.2, -0.15) is 11.8 Å². The molecule has 2 heteroatoms. The van der Waals surface area contributed by atoms with E-state index in [9.17, 15) is 0 Å². The van der Waals surface area contributed by atoms with Crippen molar-refractivity contribution in [3.8, 4) is 0 Å². The van der Waals surface area contributed by atoms with E-state index in [1.165, 1.54) is 24.4 Å². The molecule has 0 saturated carbocycles. The van der Waals surface area contributed by atoms with E-state index >= 15 is 0 Å². The van der Waals surface area contributed by atoms with Gasteiger partial charge in [-0.1, -0.05) is 54.6 Å². The van der Waals surface area contributed by atoms with Crippen LogP contribution in [0.1, 0.15) is 5.56 Å². The minimum absolute atomic E-state index is 0.661. The van der Waals surface area contributed by atoms with E-state index in [1.54, 1.807) is 0 Å². The molecule has 0 spiro atoms. The van der Waals surface area contributed by atoms with Crippen molar-refractivity contribution >= 4 is 11.8 Å². The summed E-state index contributed by atoms with van der Waals surface area (Å²) in [5, 5.41) is 0. The summed E-state index contributed by atoms with van der Waals surface area (Å²) in [5.74, 6) is 3.08.